The topological polar surface area (TPSA) is 55.1 Å². The quantitative estimate of drug-likeness (QED) is 0.932. The van der Waals surface area contributed by atoms with Crippen molar-refractivity contribution in [3.63, 3.8) is 0 Å². The second-order valence-electron chi connectivity index (χ2n) is 3.91. The molecule has 2 rings (SSSR count). The first-order chi connectivity index (χ1) is 8.86. The van der Waals surface area contributed by atoms with E-state index in [4.69, 9.17) is 5.11 Å². The number of carbonyl (C=O) groups is 1. The standard InChI is InChI=1S/C12H9F3N2O2/c13-12(14,15)9-1-3-10(4-2-9)17-7-8(6-16-17)5-11(18)19/h1-4,6-7H,5H2,(H,18,19). The zero-order valence-electron chi connectivity index (χ0n) is 9.55. The molecule has 0 spiro atoms. The number of nitrogens with zero attached hydrogens (tertiary/aromatic N) is 2. The van der Waals surface area contributed by atoms with Gasteiger partial charge in [0.15, 0.2) is 0 Å². The van der Waals surface area contributed by atoms with E-state index < -0.39 is 17.7 Å². The Morgan fingerprint density at radius 3 is 2.42 bits per heavy atom. The van der Waals surface area contributed by atoms with Crippen molar-refractivity contribution in [1.82, 2.24) is 9.78 Å². The van der Waals surface area contributed by atoms with E-state index in [1.165, 1.54) is 29.2 Å². The number of hydrogen-bond donors (Lipinski definition) is 1. The van der Waals surface area contributed by atoms with Gasteiger partial charge in [-0.1, -0.05) is 0 Å². The van der Waals surface area contributed by atoms with Gasteiger partial charge < -0.3 is 5.11 Å². The summed E-state index contributed by atoms with van der Waals surface area (Å²) < 4.78 is 38.5. The van der Waals surface area contributed by atoms with E-state index in [1.807, 2.05) is 0 Å². The van der Waals surface area contributed by atoms with E-state index in [2.05, 4.69) is 5.10 Å². The van der Waals surface area contributed by atoms with Crippen LogP contribution in [0, 0.1) is 0 Å². The van der Waals surface area contributed by atoms with Gasteiger partial charge in [-0.05, 0) is 24.3 Å². The van der Waals surface area contributed by atoms with Crippen LogP contribution in [-0.2, 0) is 17.4 Å². The molecule has 0 unspecified atom stereocenters. The summed E-state index contributed by atoms with van der Waals surface area (Å²) in [7, 11) is 0. The molecule has 0 fully saturated rings. The molecule has 0 saturated carbocycles. The van der Waals surface area contributed by atoms with Crippen LogP contribution in [-0.4, -0.2) is 20.9 Å². The predicted octanol–water partition coefficient (Wildman–Crippen LogP) is 2.52. The average molecular weight is 270 g/mol. The summed E-state index contributed by atoms with van der Waals surface area (Å²) in [6.45, 7) is 0. The first-order valence-electron chi connectivity index (χ1n) is 5.29. The fraction of sp³-hybridized carbons (Fsp3) is 0.167. The molecule has 1 heterocycles. The molecule has 0 atom stereocenters. The lowest BCUT2D eigenvalue weighted by molar-refractivity contribution is -0.138. The summed E-state index contributed by atoms with van der Waals surface area (Å²) in [5, 5.41) is 12.5. The van der Waals surface area contributed by atoms with Gasteiger partial charge in [-0.3, -0.25) is 4.79 Å². The molecule has 1 aromatic carbocycles. The van der Waals surface area contributed by atoms with Crippen LogP contribution in [0.25, 0.3) is 5.69 Å². The second-order valence-corrected chi connectivity index (χ2v) is 3.91. The number of aliphatic carboxylic acids is 1. The summed E-state index contributed by atoms with van der Waals surface area (Å²) in [5.41, 5.74) is 0.172. The summed E-state index contributed by atoms with van der Waals surface area (Å²) in [4.78, 5) is 10.5. The van der Waals surface area contributed by atoms with Crippen molar-refractivity contribution in [3.05, 3.63) is 47.8 Å². The summed E-state index contributed by atoms with van der Waals surface area (Å²) in [5.74, 6) is -0.994. The Bertz CT molecular complexity index is 588. The molecule has 0 aliphatic heterocycles. The van der Waals surface area contributed by atoms with Gasteiger partial charge >= 0.3 is 12.1 Å². The van der Waals surface area contributed by atoms with Crippen LogP contribution in [0.1, 0.15) is 11.1 Å². The van der Waals surface area contributed by atoms with E-state index in [1.54, 1.807) is 0 Å². The van der Waals surface area contributed by atoms with Crippen LogP contribution in [0.2, 0.25) is 0 Å². The minimum Gasteiger partial charge on any atom is -0.481 e. The number of benzene rings is 1. The normalized spacial score (nSPS) is 11.5. The monoisotopic (exact) mass is 270 g/mol. The maximum Gasteiger partial charge on any atom is 0.416 e. The Labute approximate surface area is 106 Å². The number of hydrogen-bond acceptors (Lipinski definition) is 2. The molecule has 7 heteroatoms. The van der Waals surface area contributed by atoms with Crippen LogP contribution < -0.4 is 0 Å². The van der Waals surface area contributed by atoms with Gasteiger partial charge in [0.2, 0.25) is 0 Å². The Balaban J connectivity index is 2.23. The highest BCUT2D eigenvalue weighted by atomic mass is 19.4. The van der Waals surface area contributed by atoms with E-state index in [-0.39, 0.29) is 6.42 Å². The van der Waals surface area contributed by atoms with Gasteiger partial charge in [0, 0.05) is 11.8 Å². The Kier molecular flexibility index (Phi) is 3.28. The molecule has 1 aromatic heterocycles. The molecule has 0 aliphatic carbocycles. The van der Waals surface area contributed by atoms with Crippen LogP contribution in [0.3, 0.4) is 0 Å². The first kappa shape index (κ1) is 13.1. The summed E-state index contributed by atoms with van der Waals surface area (Å²) >= 11 is 0. The van der Waals surface area contributed by atoms with Crippen LogP contribution in [0.5, 0.6) is 0 Å². The number of carboxylic acid groups (broad SMARTS) is 1. The highest BCUT2D eigenvalue weighted by molar-refractivity contribution is 5.69. The second kappa shape index (κ2) is 4.75. The number of aromatic nitrogens is 2. The zero-order chi connectivity index (χ0) is 14.0. The van der Waals surface area contributed by atoms with Gasteiger partial charge in [0.1, 0.15) is 0 Å². The lowest BCUT2D eigenvalue weighted by Gasteiger charge is -2.07. The number of carboxylic acids is 1. The van der Waals surface area contributed by atoms with Crippen molar-refractivity contribution < 1.29 is 23.1 Å². The van der Waals surface area contributed by atoms with E-state index in [0.717, 1.165) is 12.1 Å². The predicted molar refractivity (Wildman–Crippen MR) is 59.9 cm³/mol. The van der Waals surface area contributed by atoms with Crippen molar-refractivity contribution in [2.45, 2.75) is 12.6 Å². The molecule has 100 valence electrons. The Morgan fingerprint density at radius 1 is 1.26 bits per heavy atom. The molecule has 0 radical (unpaired) electrons. The van der Waals surface area contributed by atoms with Crippen molar-refractivity contribution in [1.29, 1.82) is 0 Å². The van der Waals surface area contributed by atoms with E-state index >= 15 is 0 Å². The van der Waals surface area contributed by atoms with E-state index in [9.17, 15) is 18.0 Å². The van der Waals surface area contributed by atoms with Crippen molar-refractivity contribution in [2.75, 3.05) is 0 Å². The van der Waals surface area contributed by atoms with Crippen LogP contribution in [0.15, 0.2) is 36.7 Å². The SMILES string of the molecule is O=C(O)Cc1cnn(-c2ccc(C(F)(F)F)cc2)c1. The molecule has 4 nitrogen and oxygen atoms in total. The van der Waals surface area contributed by atoms with Crippen molar-refractivity contribution in [3.8, 4) is 5.69 Å². The van der Waals surface area contributed by atoms with Gasteiger partial charge in [-0.2, -0.15) is 18.3 Å². The van der Waals surface area contributed by atoms with Crippen molar-refractivity contribution in [2.24, 2.45) is 0 Å². The molecule has 0 aliphatic rings. The van der Waals surface area contributed by atoms with Crippen molar-refractivity contribution >= 4 is 5.97 Å². The molecular formula is C12H9F3N2O2. The molecule has 1 N–H and O–H groups in total. The summed E-state index contributed by atoms with van der Waals surface area (Å²) in [6, 6.07) is 4.46. The Morgan fingerprint density at radius 2 is 1.89 bits per heavy atom. The number of rotatable bonds is 3. The smallest absolute Gasteiger partial charge is 0.416 e. The van der Waals surface area contributed by atoms with Crippen LogP contribution >= 0.6 is 0 Å². The highest BCUT2D eigenvalue weighted by Gasteiger charge is 2.29. The lowest BCUT2D eigenvalue weighted by Crippen LogP contribution is -2.05. The van der Waals surface area contributed by atoms with Gasteiger partial charge in [0.25, 0.3) is 0 Å². The minimum atomic E-state index is -4.38. The third-order valence-electron chi connectivity index (χ3n) is 2.45. The zero-order valence-corrected chi connectivity index (χ0v) is 9.55. The molecule has 0 amide bonds. The third kappa shape index (κ3) is 3.12. The maximum absolute atomic E-state index is 12.4. The maximum atomic E-state index is 12.4. The third-order valence-corrected chi connectivity index (χ3v) is 2.45. The molecule has 19 heavy (non-hydrogen) atoms. The average Bonchev–Trinajstić information content (AvgIpc) is 2.75. The molecular weight excluding hydrogens is 261 g/mol. The van der Waals surface area contributed by atoms with Crippen LogP contribution in [0.4, 0.5) is 13.2 Å². The van der Waals surface area contributed by atoms with Gasteiger partial charge in [0.05, 0.1) is 23.9 Å². The lowest BCUT2D eigenvalue weighted by atomic mass is 10.2. The fourth-order valence-corrected chi connectivity index (χ4v) is 1.57. The fourth-order valence-electron chi connectivity index (χ4n) is 1.57. The molecule has 0 saturated heterocycles. The van der Waals surface area contributed by atoms with Gasteiger partial charge in [-0.25, -0.2) is 4.68 Å². The Hall–Kier alpha value is -2.31. The highest BCUT2D eigenvalue weighted by Crippen LogP contribution is 2.29. The number of alkyl halides is 3. The molecule has 0 bridgehead atoms. The largest absolute Gasteiger partial charge is 0.481 e. The molecule has 2 aromatic rings. The van der Waals surface area contributed by atoms with Gasteiger partial charge in [-0.15, -0.1) is 0 Å². The number of halogens is 3. The van der Waals surface area contributed by atoms with E-state index in [0.29, 0.717) is 11.3 Å². The first-order valence-corrected chi connectivity index (χ1v) is 5.29. The summed E-state index contributed by atoms with van der Waals surface area (Å²) in [6.07, 6.45) is -1.72. The minimum absolute atomic E-state index is 0.180.